The number of nitrogens with zero attached hydrogens (tertiary/aromatic N) is 6. The normalized spacial score (nSPS) is 14.1. The summed E-state index contributed by atoms with van der Waals surface area (Å²) in [4.78, 5) is 43.0. The van der Waals surface area contributed by atoms with Gasteiger partial charge in [-0.25, -0.2) is 14.8 Å². The fourth-order valence-electron chi connectivity index (χ4n) is 5.79. The van der Waals surface area contributed by atoms with Crippen LogP contribution < -0.4 is 10.6 Å². The number of quaternary nitrogens is 1. The van der Waals surface area contributed by atoms with E-state index in [0.29, 0.717) is 35.0 Å². The third kappa shape index (κ3) is 9.07. The molecule has 1 fully saturated rings. The van der Waals surface area contributed by atoms with Crippen molar-refractivity contribution in [3.05, 3.63) is 132 Å². The van der Waals surface area contributed by atoms with Gasteiger partial charge in [-0.15, -0.1) is 0 Å². The molecule has 11 nitrogen and oxygen atoms in total. The van der Waals surface area contributed by atoms with Gasteiger partial charge < -0.3 is 20.3 Å². The maximum Gasteiger partial charge on any atom is 0.414 e. The number of likely N-dealkylation sites (N-methyl/N-ethyl adjacent to an activating group) is 1. The summed E-state index contributed by atoms with van der Waals surface area (Å²) in [6.07, 6.45) is 4.89. The number of aromatic nitrogens is 3. The summed E-state index contributed by atoms with van der Waals surface area (Å²) in [5.74, 6) is 0.271. The van der Waals surface area contributed by atoms with E-state index < -0.39 is 0 Å². The summed E-state index contributed by atoms with van der Waals surface area (Å²) in [6.45, 7) is 7.18. The highest BCUT2D eigenvalue weighted by Crippen LogP contribution is 2.25. The second kappa shape index (κ2) is 15.7. The predicted octanol–water partition coefficient (Wildman–Crippen LogP) is 6.33. The molecule has 2 amide bonds. The lowest BCUT2D eigenvalue weighted by Gasteiger charge is -2.41. The van der Waals surface area contributed by atoms with Crippen molar-refractivity contribution in [3.63, 3.8) is 0 Å². The maximum atomic E-state index is 13.2. The molecule has 0 radical (unpaired) electrons. The van der Waals surface area contributed by atoms with Gasteiger partial charge in [-0.3, -0.25) is 19.2 Å². The van der Waals surface area contributed by atoms with E-state index in [2.05, 4.69) is 37.5 Å². The Morgan fingerprint density at radius 3 is 2.44 bits per heavy atom. The van der Waals surface area contributed by atoms with Crippen molar-refractivity contribution in [2.75, 3.05) is 57.6 Å². The van der Waals surface area contributed by atoms with Crippen molar-refractivity contribution >= 4 is 29.3 Å². The Bertz CT molecular complexity index is 1900. The first kappa shape index (κ1) is 34.2. The number of anilines is 3. The van der Waals surface area contributed by atoms with E-state index in [1.165, 1.54) is 0 Å². The van der Waals surface area contributed by atoms with E-state index in [1.54, 1.807) is 30.5 Å². The molecule has 5 aromatic rings. The topological polar surface area (TPSA) is 113 Å². The lowest BCUT2D eigenvalue weighted by Crippen LogP contribution is -2.58. The molecule has 0 spiro atoms. The third-order valence-corrected chi connectivity index (χ3v) is 8.96. The lowest BCUT2D eigenvalue weighted by molar-refractivity contribution is -0.929. The molecule has 50 heavy (non-hydrogen) atoms. The number of aryl methyl sites for hydroxylation is 1. The molecule has 0 atom stereocenters. The van der Waals surface area contributed by atoms with Gasteiger partial charge in [0.25, 0.3) is 5.91 Å². The minimum absolute atomic E-state index is 0.184. The van der Waals surface area contributed by atoms with E-state index in [9.17, 15) is 9.59 Å². The fourth-order valence-corrected chi connectivity index (χ4v) is 5.79. The van der Waals surface area contributed by atoms with Crippen LogP contribution in [-0.2, 0) is 17.8 Å². The molecule has 256 valence electrons. The number of hydrogen-bond acceptors (Lipinski definition) is 8. The van der Waals surface area contributed by atoms with Crippen LogP contribution in [0.3, 0.4) is 0 Å². The molecular formula is C39H43N8O3+. The molecule has 0 saturated carbocycles. The number of rotatable bonds is 11. The third-order valence-electron chi connectivity index (χ3n) is 8.96. The zero-order chi connectivity index (χ0) is 34.9. The van der Waals surface area contributed by atoms with Crippen LogP contribution in [0, 0.1) is 6.92 Å². The Kier molecular flexibility index (Phi) is 10.8. The van der Waals surface area contributed by atoms with Crippen LogP contribution in [0.5, 0.6) is 0 Å². The van der Waals surface area contributed by atoms with Crippen molar-refractivity contribution < 1.29 is 18.8 Å². The number of nitrogens with one attached hydrogen (secondary N) is 2. The first-order valence-corrected chi connectivity index (χ1v) is 16.7. The van der Waals surface area contributed by atoms with Crippen LogP contribution in [0.1, 0.15) is 27.0 Å². The number of carbonyl (C=O) groups is 2. The van der Waals surface area contributed by atoms with Crippen LogP contribution in [0.4, 0.5) is 22.1 Å². The number of amides is 2. The Morgan fingerprint density at radius 2 is 1.70 bits per heavy atom. The Morgan fingerprint density at radius 1 is 0.920 bits per heavy atom. The molecule has 0 bridgehead atoms. The second-order valence-corrected chi connectivity index (χ2v) is 13.0. The summed E-state index contributed by atoms with van der Waals surface area (Å²) >= 11 is 0. The SMILES string of the molecule is Cc1ccc(NC(=O)c2ccc(CN3CC[N+](C)(COC(=O)N(C)Cc4ccccc4)CC3)cc2)cc1Nc1nccc(-c2cccnc2)n1. The first-order valence-electron chi connectivity index (χ1n) is 16.7. The van der Waals surface area contributed by atoms with Crippen LogP contribution in [0.25, 0.3) is 11.3 Å². The molecule has 1 saturated heterocycles. The monoisotopic (exact) mass is 671 g/mol. The van der Waals surface area contributed by atoms with Gasteiger partial charge in [0.05, 0.1) is 25.8 Å². The number of hydrogen-bond donors (Lipinski definition) is 2. The van der Waals surface area contributed by atoms with Gasteiger partial charge in [0.2, 0.25) is 12.7 Å². The van der Waals surface area contributed by atoms with Gasteiger partial charge in [-0.1, -0.05) is 48.5 Å². The van der Waals surface area contributed by atoms with Gasteiger partial charge in [0.1, 0.15) is 0 Å². The number of ether oxygens (including phenoxy) is 1. The summed E-state index contributed by atoms with van der Waals surface area (Å²) in [6, 6.07) is 29.0. The summed E-state index contributed by atoms with van der Waals surface area (Å²) in [5, 5.41) is 6.31. The summed E-state index contributed by atoms with van der Waals surface area (Å²) < 4.78 is 6.38. The molecule has 3 heterocycles. The quantitative estimate of drug-likeness (QED) is 0.157. The van der Waals surface area contributed by atoms with Gasteiger partial charge in [0.15, 0.2) is 0 Å². The average molecular weight is 672 g/mol. The van der Waals surface area contributed by atoms with Gasteiger partial charge in [-0.2, -0.15) is 0 Å². The molecule has 11 heteroatoms. The molecule has 2 aromatic heterocycles. The first-order chi connectivity index (χ1) is 24.2. The van der Waals surface area contributed by atoms with E-state index in [1.807, 2.05) is 97.9 Å². The maximum absolute atomic E-state index is 13.2. The van der Waals surface area contributed by atoms with E-state index in [4.69, 9.17) is 4.74 Å². The molecule has 0 aliphatic carbocycles. The minimum atomic E-state index is -0.309. The highest BCUT2D eigenvalue weighted by molar-refractivity contribution is 6.04. The van der Waals surface area contributed by atoms with Gasteiger partial charge in [0, 0.05) is 74.3 Å². The smallest absolute Gasteiger partial charge is 0.399 e. The molecule has 3 aromatic carbocycles. The summed E-state index contributed by atoms with van der Waals surface area (Å²) in [5.41, 5.74) is 6.91. The van der Waals surface area contributed by atoms with Crippen LogP contribution >= 0.6 is 0 Å². The molecule has 6 rings (SSSR count). The van der Waals surface area contributed by atoms with Crippen molar-refractivity contribution in [2.45, 2.75) is 20.0 Å². The Hall–Kier alpha value is -5.65. The molecule has 1 aliphatic heterocycles. The zero-order valence-electron chi connectivity index (χ0n) is 28.8. The number of carbonyl (C=O) groups excluding carboxylic acids is 2. The largest absolute Gasteiger partial charge is 0.414 e. The zero-order valence-corrected chi connectivity index (χ0v) is 28.8. The van der Waals surface area contributed by atoms with Crippen LogP contribution in [0.15, 0.2) is 110 Å². The predicted molar refractivity (Wildman–Crippen MR) is 195 cm³/mol. The second-order valence-electron chi connectivity index (χ2n) is 13.0. The van der Waals surface area contributed by atoms with Crippen molar-refractivity contribution in [1.29, 1.82) is 0 Å². The molecule has 1 aliphatic rings. The fraction of sp³-hybridized carbons (Fsp3) is 0.256. The van der Waals surface area contributed by atoms with Crippen molar-refractivity contribution in [1.82, 2.24) is 24.8 Å². The van der Waals surface area contributed by atoms with E-state index in [0.717, 1.165) is 66.4 Å². The lowest BCUT2D eigenvalue weighted by atomic mass is 10.1. The highest BCUT2D eigenvalue weighted by atomic mass is 16.6. The number of piperazine rings is 1. The number of pyridine rings is 1. The summed E-state index contributed by atoms with van der Waals surface area (Å²) in [7, 11) is 3.90. The molecule has 2 N–H and O–H groups in total. The van der Waals surface area contributed by atoms with Gasteiger partial charge >= 0.3 is 6.09 Å². The average Bonchev–Trinajstić information content (AvgIpc) is 3.14. The van der Waals surface area contributed by atoms with Crippen molar-refractivity contribution in [3.8, 4) is 11.3 Å². The number of benzene rings is 3. The van der Waals surface area contributed by atoms with E-state index >= 15 is 0 Å². The van der Waals surface area contributed by atoms with Crippen LogP contribution in [0.2, 0.25) is 0 Å². The molecular weight excluding hydrogens is 628 g/mol. The standard InChI is InChI=1S/C39H42N8O3/c1-29-11-16-34(24-36(29)44-38-41-19-17-35(43-38)33-10-7-18-40-25-33)42-37(48)32-14-12-31(13-15-32)27-46-20-22-47(3,23-21-46)28-50-39(49)45(2)26-30-8-5-4-6-9-30/h4-19,24-25H,20-23,26-28H2,1-3H3,(H-,41,42,43,44,48)/p+1. The van der Waals surface area contributed by atoms with Gasteiger partial charge in [-0.05, 0) is 66.1 Å². The minimum Gasteiger partial charge on any atom is -0.399 e. The highest BCUT2D eigenvalue weighted by Gasteiger charge is 2.30. The Balaban J connectivity index is 0.974. The molecule has 0 unspecified atom stereocenters. The van der Waals surface area contributed by atoms with Crippen LogP contribution in [-0.4, -0.2) is 88.2 Å². The van der Waals surface area contributed by atoms with E-state index in [-0.39, 0.29) is 12.0 Å². The van der Waals surface area contributed by atoms with Crippen molar-refractivity contribution in [2.24, 2.45) is 0 Å². The Labute approximate surface area is 293 Å².